The number of nitrogens with zero attached hydrogens (tertiary/aromatic N) is 2. The van der Waals surface area contributed by atoms with Crippen molar-refractivity contribution >= 4 is 28.3 Å². The van der Waals surface area contributed by atoms with Crippen molar-refractivity contribution in [3.05, 3.63) is 34.7 Å². The summed E-state index contributed by atoms with van der Waals surface area (Å²) in [6.45, 7) is 3.20. The van der Waals surface area contributed by atoms with Crippen molar-refractivity contribution in [2.24, 2.45) is 5.41 Å². The van der Waals surface area contributed by atoms with Crippen LogP contribution in [-0.4, -0.2) is 22.0 Å². The Balaban J connectivity index is 2.25. The van der Waals surface area contributed by atoms with E-state index in [1.165, 1.54) is 6.07 Å². The van der Waals surface area contributed by atoms with Gasteiger partial charge in [0.2, 0.25) is 5.91 Å². The highest BCUT2D eigenvalue weighted by molar-refractivity contribution is 7.16. The van der Waals surface area contributed by atoms with Gasteiger partial charge in [0, 0.05) is 17.4 Å². The van der Waals surface area contributed by atoms with Gasteiger partial charge in [-0.3, -0.25) is 9.59 Å². The Morgan fingerprint density at radius 3 is 2.62 bits per heavy atom. The number of nitriles is 1. The van der Waals surface area contributed by atoms with Crippen LogP contribution in [0.2, 0.25) is 0 Å². The fourth-order valence-corrected chi connectivity index (χ4v) is 2.87. The number of anilines is 1. The molecule has 1 aromatic carbocycles. The summed E-state index contributed by atoms with van der Waals surface area (Å²) in [7, 11) is 0. The van der Waals surface area contributed by atoms with Gasteiger partial charge in [0.05, 0.1) is 0 Å². The minimum atomic E-state index is -1.07. The molecular formula is C17H15F2N3O3S. The Morgan fingerprint density at radius 1 is 1.35 bits per heavy atom. The summed E-state index contributed by atoms with van der Waals surface area (Å²) >= 11 is 0.897. The van der Waals surface area contributed by atoms with E-state index in [4.69, 9.17) is 5.11 Å². The summed E-state index contributed by atoms with van der Waals surface area (Å²) in [4.78, 5) is 27.3. The second kappa shape index (κ2) is 7.58. The van der Waals surface area contributed by atoms with Gasteiger partial charge in [-0.25, -0.2) is 13.8 Å². The molecule has 0 aliphatic carbocycles. The van der Waals surface area contributed by atoms with Crippen molar-refractivity contribution in [3.63, 3.8) is 0 Å². The molecule has 0 aliphatic rings. The van der Waals surface area contributed by atoms with Gasteiger partial charge in [-0.2, -0.15) is 5.26 Å². The van der Waals surface area contributed by atoms with Gasteiger partial charge in [-0.1, -0.05) is 25.2 Å². The SMILES string of the molecule is CC(C)(CCC(=O)O)C(=O)Nc1nc(-c2ccc(F)c(F)c2)c(C#N)s1. The molecule has 26 heavy (non-hydrogen) atoms. The molecule has 136 valence electrons. The quantitative estimate of drug-likeness (QED) is 0.795. The van der Waals surface area contributed by atoms with Crippen LogP contribution in [-0.2, 0) is 9.59 Å². The molecule has 2 rings (SSSR count). The number of hydrogen-bond acceptors (Lipinski definition) is 5. The lowest BCUT2D eigenvalue weighted by Gasteiger charge is -2.21. The van der Waals surface area contributed by atoms with E-state index in [9.17, 15) is 23.6 Å². The highest BCUT2D eigenvalue weighted by atomic mass is 32.1. The molecular weight excluding hydrogens is 364 g/mol. The molecule has 1 aromatic heterocycles. The third-order valence-corrected chi connectivity index (χ3v) is 4.60. The van der Waals surface area contributed by atoms with E-state index in [1.54, 1.807) is 13.8 Å². The number of hydrogen-bond donors (Lipinski definition) is 2. The third-order valence-electron chi connectivity index (χ3n) is 3.72. The maximum Gasteiger partial charge on any atom is 0.303 e. The molecule has 0 atom stereocenters. The predicted octanol–water partition coefficient (Wildman–Crippen LogP) is 3.79. The number of aliphatic carboxylic acids is 1. The van der Waals surface area contributed by atoms with E-state index in [2.05, 4.69) is 10.3 Å². The number of aromatic nitrogens is 1. The van der Waals surface area contributed by atoms with Crippen LogP contribution in [0.1, 0.15) is 31.6 Å². The Kier molecular flexibility index (Phi) is 5.67. The molecule has 0 saturated heterocycles. The molecule has 0 spiro atoms. The normalized spacial score (nSPS) is 11.0. The van der Waals surface area contributed by atoms with Gasteiger partial charge >= 0.3 is 5.97 Å². The number of carboxylic acid groups (broad SMARTS) is 1. The molecule has 0 unspecified atom stereocenters. The van der Waals surface area contributed by atoms with Crippen molar-refractivity contribution in [1.82, 2.24) is 4.98 Å². The molecule has 9 heteroatoms. The Morgan fingerprint density at radius 2 is 2.04 bits per heavy atom. The molecule has 0 aliphatic heterocycles. The summed E-state index contributed by atoms with van der Waals surface area (Å²) in [5.74, 6) is -3.54. The van der Waals surface area contributed by atoms with Crippen LogP contribution < -0.4 is 5.32 Å². The second-order valence-electron chi connectivity index (χ2n) is 6.17. The van der Waals surface area contributed by atoms with Crippen molar-refractivity contribution in [1.29, 1.82) is 5.26 Å². The van der Waals surface area contributed by atoms with E-state index >= 15 is 0 Å². The maximum absolute atomic E-state index is 13.4. The van der Waals surface area contributed by atoms with Gasteiger partial charge in [0.25, 0.3) is 0 Å². The molecule has 1 amide bonds. The van der Waals surface area contributed by atoms with Crippen LogP contribution >= 0.6 is 11.3 Å². The fraction of sp³-hybridized carbons (Fsp3) is 0.294. The number of benzene rings is 1. The molecule has 0 bridgehead atoms. The van der Waals surface area contributed by atoms with Gasteiger partial charge in [-0.05, 0) is 24.6 Å². The van der Waals surface area contributed by atoms with E-state index in [-0.39, 0.29) is 34.1 Å². The Hall–Kier alpha value is -2.86. The van der Waals surface area contributed by atoms with E-state index in [0.29, 0.717) is 0 Å². The average molecular weight is 379 g/mol. The van der Waals surface area contributed by atoms with Gasteiger partial charge in [0.15, 0.2) is 16.8 Å². The number of nitrogens with one attached hydrogen (secondary N) is 1. The Labute approximate surface area is 152 Å². The second-order valence-corrected chi connectivity index (χ2v) is 7.17. The molecule has 0 radical (unpaired) electrons. The van der Waals surface area contributed by atoms with Crippen molar-refractivity contribution in [2.75, 3.05) is 5.32 Å². The lowest BCUT2D eigenvalue weighted by molar-refractivity contribution is -0.138. The number of amides is 1. The highest BCUT2D eigenvalue weighted by Gasteiger charge is 2.29. The van der Waals surface area contributed by atoms with Gasteiger partial charge in [-0.15, -0.1) is 0 Å². The molecule has 0 fully saturated rings. The highest BCUT2D eigenvalue weighted by Crippen LogP contribution is 2.33. The first kappa shape index (κ1) is 19.5. The largest absolute Gasteiger partial charge is 0.481 e. The average Bonchev–Trinajstić information content (AvgIpc) is 2.98. The standard InChI is InChI=1S/C17H15F2N3O3S/c1-17(2,6-5-13(23)24)15(25)22-16-21-14(12(8-20)26-16)9-3-4-10(18)11(19)7-9/h3-4,7H,5-6H2,1-2H3,(H,23,24)(H,21,22,25). The number of carboxylic acids is 1. The van der Waals surface area contributed by atoms with E-state index < -0.39 is 28.9 Å². The summed E-state index contributed by atoms with van der Waals surface area (Å²) in [5.41, 5.74) is -0.615. The maximum atomic E-state index is 13.4. The molecule has 2 N–H and O–H groups in total. The van der Waals surface area contributed by atoms with Gasteiger partial charge < -0.3 is 10.4 Å². The van der Waals surface area contributed by atoms with Crippen LogP contribution in [0, 0.1) is 28.4 Å². The number of carbonyl (C=O) groups excluding carboxylic acids is 1. The van der Waals surface area contributed by atoms with E-state index in [1.807, 2.05) is 6.07 Å². The topological polar surface area (TPSA) is 103 Å². The predicted molar refractivity (Wildman–Crippen MR) is 91.5 cm³/mol. The molecule has 0 saturated carbocycles. The molecule has 2 aromatic rings. The number of rotatable bonds is 6. The van der Waals surface area contributed by atoms with Crippen molar-refractivity contribution in [2.45, 2.75) is 26.7 Å². The molecule has 6 nitrogen and oxygen atoms in total. The zero-order valence-electron chi connectivity index (χ0n) is 14.0. The molecule has 1 heterocycles. The van der Waals surface area contributed by atoms with Crippen LogP contribution in [0.5, 0.6) is 0 Å². The minimum absolute atomic E-state index is 0.120. The first-order valence-electron chi connectivity index (χ1n) is 7.53. The van der Waals surface area contributed by atoms with Crippen LogP contribution in [0.15, 0.2) is 18.2 Å². The van der Waals surface area contributed by atoms with Crippen LogP contribution in [0.3, 0.4) is 0 Å². The lowest BCUT2D eigenvalue weighted by atomic mass is 9.87. The van der Waals surface area contributed by atoms with Crippen LogP contribution in [0.25, 0.3) is 11.3 Å². The fourth-order valence-electron chi connectivity index (χ4n) is 2.09. The third kappa shape index (κ3) is 4.40. The first-order valence-corrected chi connectivity index (χ1v) is 8.35. The monoisotopic (exact) mass is 379 g/mol. The zero-order valence-corrected chi connectivity index (χ0v) is 14.8. The van der Waals surface area contributed by atoms with Crippen molar-refractivity contribution in [3.8, 4) is 17.3 Å². The number of halogens is 2. The zero-order chi connectivity index (χ0) is 19.5. The minimum Gasteiger partial charge on any atom is -0.481 e. The van der Waals surface area contributed by atoms with Crippen molar-refractivity contribution < 1.29 is 23.5 Å². The van der Waals surface area contributed by atoms with Crippen LogP contribution in [0.4, 0.5) is 13.9 Å². The number of carbonyl (C=O) groups is 2. The Bertz CT molecular complexity index is 903. The summed E-state index contributed by atoms with van der Waals surface area (Å²) < 4.78 is 26.5. The first-order chi connectivity index (χ1) is 12.1. The summed E-state index contributed by atoms with van der Waals surface area (Å²) in [5, 5.41) is 20.7. The number of thiazole rings is 1. The smallest absolute Gasteiger partial charge is 0.303 e. The summed E-state index contributed by atoms with van der Waals surface area (Å²) in [6, 6.07) is 5.05. The van der Waals surface area contributed by atoms with E-state index in [0.717, 1.165) is 23.5 Å². The lowest BCUT2D eigenvalue weighted by Crippen LogP contribution is -2.31. The van der Waals surface area contributed by atoms with Gasteiger partial charge in [0.1, 0.15) is 16.6 Å². The summed E-state index contributed by atoms with van der Waals surface area (Å²) in [6.07, 6.45) is -0.0392.